The molecular formula is C31H40N4O6. The topological polar surface area (TPSA) is 149 Å². The molecule has 1 unspecified atom stereocenters. The maximum Gasteiger partial charge on any atom is 0.343 e. The average Bonchev–Trinajstić information content (AvgIpc) is 2.98. The number of nitrogens with two attached hydrogens (primary N) is 2. The van der Waals surface area contributed by atoms with Gasteiger partial charge in [-0.05, 0) is 44.0 Å². The fraction of sp³-hybridized carbons (Fsp3) is 0.419. The predicted octanol–water partition coefficient (Wildman–Crippen LogP) is 3.03. The van der Waals surface area contributed by atoms with Crippen LogP contribution in [0.3, 0.4) is 0 Å². The lowest BCUT2D eigenvalue weighted by Gasteiger charge is -2.17. The van der Waals surface area contributed by atoms with E-state index in [1.807, 2.05) is 49.4 Å². The van der Waals surface area contributed by atoms with E-state index in [2.05, 4.69) is 4.98 Å². The van der Waals surface area contributed by atoms with Crippen LogP contribution in [0.1, 0.15) is 44.5 Å². The van der Waals surface area contributed by atoms with Gasteiger partial charge in [-0.3, -0.25) is 9.36 Å². The molecule has 1 aromatic heterocycles. The summed E-state index contributed by atoms with van der Waals surface area (Å²) >= 11 is 0. The van der Waals surface area contributed by atoms with Crippen molar-refractivity contribution in [2.24, 2.45) is 11.5 Å². The molecule has 220 valence electrons. The Bertz CT molecular complexity index is 1310. The van der Waals surface area contributed by atoms with Crippen LogP contribution in [-0.4, -0.2) is 53.4 Å². The van der Waals surface area contributed by atoms with Gasteiger partial charge >= 0.3 is 11.9 Å². The molecule has 0 bridgehead atoms. The van der Waals surface area contributed by atoms with E-state index in [9.17, 15) is 14.4 Å². The third-order valence-corrected chi connectivity index (χ3v) is 6.51. The summed E-state index contributed by atoms with van der Waals surface area (Å²) in [6.45, 7) is 5.14. The molecule has 10 heteroatoms. The van der Waals surface area contributed by atoms with Crippen LogP contribution >= 0.6 is 0 Å². The van der Waals surface area contributed by atoms with Gasteiger partial charge in [0.1, 0.15) is 24.2 Å². The number of hydrogen-bond donors (Lipinski definition) is 2. The van der Waals surface area contributed by atoms with Crippen LogP contribution in [0.2, 0.25) is 0 Å². The monoisotopic (exact) mass is 564 g/mol. The molecule has 0 aliphatic rings. The smallest absolute Gasteiger partial charge is 0.343 e. The van der Waals surface area contributed by atoms with Gasteiger partial charge in [-0.15, -0.1) is 0 Å². The molecule has 41 heavy (non-hydrogen) atoms. The highest BCUT2D eigenvalue weighted by atomic mass is 16.6. The number of ether oxygens (including phenoxy) is 3. The molecule has 0 aliphatic heterocycles. The second-order valence-electron chi connectivity index (χ2n) is 9.54. The minimum Gasteiger partial charge on any atom is -0.492 e. The van der Waals surface area contributed by atoms with Gasteiger partial charge in [0.2, 0.25) is 0 Å². The molecule has 0 fully saturated rings. The average molecular weight is 565 g/mol. The van der Waals surface area contributed by atoms with Gasteiger partial charge in [0, 0.05) is 31.1 Å². The quantitative estimate of drug-likeness (QED) is 0.152. The van der Waals surface area contributed by atoms with E-state index in [4.69, 9.17) is 25.7 Å². The molecule has 0 saturated carbocycles. The minimum atomic E-state index is -0.947. The van der Waals surface area contributed by atoms with Gasteiger partial charge in [-0.1, -0.05) is 55.8 Å². The van der Waals surface area contributed by atoms with E-state index in [0.717, 1.165) is 17.5 Å². The summed E-state index contributed by atoms with van der Waals surface area (Å²) in [7, 11) is 0. The number of hydrogen-bond acceptors (Lipinski definition) is 9. The first kappa shape index (κ1) is 31.7. The van der Waals surface area contributed by atoms with Gasteiger partial charge in [0.05, 0.1) is 12.2 Å². The summed E-state index contributed by atoms with van der Waals surface area (Å²) in [5, 5.41) is 0. The number of aryl methyl sites for hydroxylation is 1. The predicted molar refractivity (Wildman–Crippen MR) is 156 cm³/mol. The third-order valence-electron chi connectivity index (χ3n) is 6.51. The van der Waals surface area contributed by atoms with Crippen molar-refractivity contribution in [2.45, 2.75) is 64.6 Å². The van der Waals surface area contributed by atoms with Crippen LogP contribution in [0.5, 0.6) is 5.75 Å². The van der Waals surface area contributed by atoms with Gasteiger partial charge in [-0.2, -0.15) is 0 Å². The number of unbranched alkanes of at least 4 members (excludes halogenated alkanes) is 1. The van der Waals surface area contributed by atoms with Crippen LogP contribution in [0.4, 0.5) is 0 Å². The van der Waals surface area contributed by atoms with Crippen LogP contribution < -0.4 is 21.8 Å². The Morgan fingerprint density at radius 3 is 2.39 bits per heavy atom. The molecule has 10 nitrogen and oxygen atoms in total. The van der Waals surface area contributed by atoms with Crippen LogP contribution in [0.15, 0.2) is 65.5 Å². The van der Waals surface area contributed by atoms with Gasteiger partial charge < -0.3 is 25.7 Å². The highest BCUT2D eigenvalue weighted by Crippen LogP contribution is 2.17. The number of benzene rings is 2. The Labute approximate surface area is 240 Å². The molecule has 3 aromatic rings. The zero-order valence-corrected chi connectivity index (χ0v) is 23.8. The standard InChI is InChI=1S/C31H40N4O6/c1-3-28-34-26(23-10-6-5-7-11-23)21-29(36)35(28)18-19-40-24-15-13-22(14-16-24)20-27(39-4-2)31(38)41-30(37)25(33)12-8-9-17-32/h5-7,10-11,13-16,21,25,27H,3-4,8-9,12,17-20,32-33H2,1-2H3/t25-,27?/m0/s1. The van der Waals surface area contributed by atoms with Crippen molar-refractivity contribution in [1.82, 2.24) is 9.55 Å². The van der Waals surface area contributed by atoms with Crippen molar-refractivity contribution >= 4 is 11.9 Å². The van der Waals surface area contributed by atoms with Crippen LogP contribution in [0.25, 0.3) is 11.3 Å². The number of rotatable bonds is 16. The first-order chi connectivity index (χ1) is 19.9. The van der Waals surface area contributed by atoms with Crippen molar-refractivity contribution in [3.05, 3.63) is 82.4 Å². The molecule has 3 rings (SSSR count). The van der Waals surface area contributed by atoms with E-state index in [1.165, 1.54) is 0 Å². The first-order valence-corrected chi connectivity index (χ1v) is 14.1. The highest BCUT2D eigenvalue weighted by Gasteiger charge is 2.26. The summed E-state index contributed by atoms with van der Waals surface area (Å²) in [5.74, 6) is -0.228. The largest absolute Gasteiger partial charge is 0.492 e. The third kappa shape index (κ3) is 9.63. The summed E-state index contributed by atoms with van der Waals surface area (Å²) < 4.78 is 18.0. The Hall–Kier alpha value is -3.86. The molecule has 2 atom stereocenters. The van der Waals surface area contributed by atoms with E-state index < -0.39 is 24.1 Å². The number of carbonyl (C=O) groups excluding carboxylic acids is 2. The minimum absolute atomic E-state index is 0.126. The zero-order valence-electron chi connectivity index (χ0n) is 23.8. The van der Waals surface area contributed by atoms with Gasteiger partial charge in [-0.25, -0.2) is 14.6 Å². The zero-order chi connectivity index (χ0) is 29.6. The number of carbonyl (C=O) groups is 2. The van der Waals surface area contributed by atoms with Crippen LogP contribution in [-0.2, 0) is 38.4 Å². The van der Waals surface area contributed by atoms with Crippen molar-refractivity contribution in [2.75, 3.05) is 19.8 Å². The Balaban J connectivity index is 1.55. The summed E-state index contributed by atoms with van der Waals surface area (Å²) in [4.78, 5) is 42.3. The van der Waals surface area contributed by atoms with E-state index in [-0.39, 0.29) is 25.2 Å². The molecule has 0 amide bonds. The van der Waals surface area contributed by atoms with Crippen molar-refractivity contribution < 1.29 is 23.8 Å². The normalized spacial score (nSPS) is 12.5. The number of nitrogens with zero attached hydrogens (tertiary/aromatic N) is 2. The second-order valence-corrected chi connectivity index (χ2v) is 9.54. The van der Waals surface area contributed by atoms with Crippen LogP contribution in [0, 0.1) is 0 Å². The molecular weight excluding hydrogens is 524 g/mol. The molecule has 0 aliphatic carbocycles. The molecule has 0 saturated heterocycles. The SMILES string of the molecule is CCOC(Cc1ccc(OCCn2c(CC)nc(-c3ccccc3)cc2=O)cc1)C(=O)OC(=O)[C@@H](N)CCCCN. The lowest BCUT2D eigenvalue weighted by molar-refractivity contribution is -0.169. The number of aromatic nitrogens is 2. The van der Waals surface area contributed by atoms with Crippen molar-refractivity contribution in [3.8, 4) is 17.0 Å². The molecule has 1 heterocycles. The van der Waals surface area contributed by atoms with Gasteiger partial charge in [0.15, 0.2) is 6.10 Å². The summed E-state index contributed by atoms with van der Waals surface area (Å²) in [6, 6.07) is 17.5. The fourth-order valence-electron chi connectivity index (χ4n) is 4.29. The molecule has 4 N–H and O–H groups in total. The lowest BCUT2D eigenvalue weighted by atomic mass is 10.1. The highest BCUT2D eigenvalue weighted by molar-refractivity contribution is 5.90. The van der Waals surface area contributed by atoms with Crippen molar-refractivity contribution in [1.29, 1.82) is 0 Å². The maximum absolute atomic E-state index is 12.8. The van der Waals surface area contributed by atoms with E-state index in [0.29, 0.717) is 49.6 Å². The Kier molecular flexibility index (Phi) is 12.7. The number of esters is 2. The Morgan fingerprint density at radius 2 is 1.73 bits per heavy atom. The second kappa shape index (κ2) is 16.4. The Morgan fingerprint density at radius 1 is 1.00 bits per heavy atom. The molecule has 0 radical (unpaired) electrons. The first-order valence-electron chi connectivity index (χ1n) is 14.1. The lowest BCUT2D eigenvalue weighted by Crippen LogP contribution is -2.38. The fourth-order valence-corrected chi connectivity index (χ4v) is 4.29. The van der Waals surface area contributed by atoms with Gasteiger partial charge in [0.25, 0.3) is 5.56 Å². The maximum atomic E-state index is 12.8. The molecule has 0 spiro atoms. The van der Waals surface area contributed by atoms with E-state index >= 15 is 0 Å². The summed E-state index contributed by atoms with van der Waals surface area (Å²) in [5.41, 5.74) is 13.5. The molecule has 2 aromatic carbocycles. The van der Waals surface area contributed by atoms with E-state index in [1.54, 1.807) is 29.7 Å². The van der Waals surface area contributed by atoms with Crippen molar-refractivity contribution in [3.63, 3.8) is 0 Å². The summed E-state index contributed by atoms with van der Waals surface area (Å²) in [6.07, 6.45) is 1.70.